The molecule has 1 aliphatic rings. The third-order valence-electron chi connectivity index (χ3n) is 5.97. The van der Waals surface area contributed by atoms with Crippen LogP contribution in [0.5, 0.6) is 0 Å². The molecule has 0 aliphatic carbocycles. The van der Waals surface area contributed by atoms with E-state index in [4.69, 9.17) is 0 Å². The van der Waals surface area contributed by atoms with Crippen molar-refractivity contribution in [2.24, 2.45) is 0 Å². The minimum Gasteiger partial charge on any atom is -0.442 e. The van der Waals surface area contributed by atoms with Gasteiger partial charge in [-0.05, 0) is 52.9 Å². The lowest BCUT2D eigenvalue weighted by molar-refractivity contribution is 1.18. The van der Waals surface area contributed by atoms with E-state index < -0.39 is 0 Å². The summed E-state index contributed by atoms with van der Waals surface area (Å²) in [5.74, 6) is 2.04. The maximum atomic E-state index is 4.54. The van der Waals surface area contributed by atoms with Gasteiger partial charge in [-0.15, -0.1) is 5.75 Å². The maximum absolute atomic E-state index is 4.54. The number of rotatable bonds is 7. The molecule has 0 spiro atoms. The van der Waals surface area contributed by atoms with Gasteiger partial charge in [-0.3, -0.25) is 0 Å². The lowest BCUT2D eigenvalue weighted by Crippen LogP contribution is -2.19. The molecule has 0 aromatic heterocycles. The van der Waals surface area contributed by atoms with E-state index in [1.165, 1.54) is 33.2 Å². The summed E-state index contributed by atoms with van der Waals surface area (Å²) in [7, 11) is 0.243. The molecule has 0 amide bonds. The Balaban J connectivity index is 1.63. The number of allylic oxidation sites excluding steroid dienone is 3. The van der Waals surface area contributed by atoms with Crippen molar-refractivity contribution in [1.29, 1.82) is 0 Å². The lowest BCUT2D eigenvalue weighted by Gasteiger charge is -2.31. The summed E-state index contributed by atoms with van der Waals surface area (Å²) in [6.45, 7) is 6.58. The highest BCUT2D eigenvalue weighted by atomic mass is 32.2. The Labute approximate surface area is 204 Å². The predicted molar refractivity (Wildman–Crippen MR) is 152 cm³/mol. The van der Waals surface area contributed by atoms with Gasteiger partial charge in [0.25, 0.3) is 0 Å². The van der Waals surface area contributed by atoms with Crippen LogP contribution in [-0.2, 0) is 10.3 Å². The minimum atomic E-state index is 0.243. The van der Waals surface area contributed by atoms with E-state index in [1.807, 2.05) is 6.92 Å². The van der Waals surface area contributed by atoms with Crippen LogP contribution in [0.3, 0.4) is 0 Å². The molecule has 0 fully saturated rings. The molecule has 1 aliphatic heterocycles. The molecule has 34 heavy (non-hydrogen) atoms. The second-order valence-corrected chi connectivity index (χ2v) is 10.2. The van der Waals surface area contributed by atoms with Crippen LogP contribution in [-0.4, -0.2) is 11.5 Å². The van der Waals surface area contributed by atoms with Crippen molar-refractivity contribution in [3.8, 4) is 16.3 Å². The minimum absolute atomic E-state index is 0.243. The number of benzene rings is 4. The van der Waals surface area contributed by atoms with E-state index >= 15 is 0 Å². The highest BCUT2D eigenvalue weighted by Crippen LogP contribution is 2.38. The summed E-state index contributed by atoms with van der Waals surface area (Å²) in [4.78, 5) is 2.34. The first kappa shape index (κ1) is 22.1. The summed E-state index contributed by atoms with van der Waals surface area (Å²) < 4.78 is 0. The Morgan fingerprint density at radius 3 is 2.29 bits per heavy atom. The van der Waals surface area contributed by atoms with Crippen molar-refractivity contribution in [2.75, 3.05) is 16.4 Å². The number of hydrogen-bond acceptors (Lipinski definition) is 2. The first-order chi connectivity index (χ1) is 16.7. The fraction of sp³-hybridized carbons (Fsp3) is 0.0938. The van der Waals surface area contributed by atoms with Crippen LogP contribution in [0, 0.1) is 5.18 Å². The monoisotopic (exact) mass is 458 g/mol. The quantitative estimate of drug-likeness (QED) is 0.199. The van der Waals surface area contributed by atoms with E-state index in [9.17, 15) is 0 Å². The first-order valence-corrected chi connectivity index (χ1v) is 13.2. The van der Waals surface area contributed by atoms with Gasteiger partial charge in [0.15, 0.2) is 0 Å². The van der Waals surface area contributed by atoms with Crippen molar-refractivity contribution >= 4 is 38.5 Å². The number of nitrogens with zero attached hydrogens (tertiary/aromatic N) is 1. The van der Waals surface area contributed by atoms with E-state index in [1.54, 1.807) is 0 Å². The van der Waals surface area contributed by atoms with Crippen LogP contribution in [0.1, 0.15) is 12.5 Å². The summed E-state index contributed by atoms with van der Waals surface area (Å²) in [5, 5.41) is 5.93. The Kier molecular flexibility index (Phi) is 6.53. The standard InChI is InChI=1S/C32H28NS/c1-3-4-6-13-28-14-9-15-29-16-10-17-31(32(28)29)33(25(2)24-34-22-23-34)30-20-18-27(19-21-30)26-11-7-5-8-12-26/h3-21H,2,22,24H2,1H3/q-1/b4-3-,13-6?. The van der Waals surface area contributed by atoms with Crippen LogP contribution in [0.2, 0.25) is 0 Å². The number of anilines is 2. The molecule has 0 saturated heterocycles. The Morgan fingerprint density at radius 1 is 0.882 bits per heavy atom. The smallest absolute Gasteiger partial charge is 0.0541 e. The zero-order valence-electron chi connectivity index (χ0n) is 19.4. The van der Waals surface area contributed by atoms with Gasteiger partial charge in [-0.1, -0.05) is 109 Å². The molecule has 2 heteroatoms. The van der Waals surface area contributed by atoms with Crippen molar-refractivity contribution in [3.63, 3.8) is 0 Å². The normalized spacial score (nSPS) is 13.2. The highest BCUT2D eigenvalue weighted by Gasteiger charge is 2.16. The van der Waals surface area contributed by atoms with Crippen LogP contribution in [0.15, 0.2) is 121 Å². The molecule has 4 aromatic carbocycles. The number of fused-ring (bicyclic) bond motifs is 1. The van der Waals surface area contributed by atoms with Gasteiger partial charge in [-0.25, -0.2) is 0 Å². The molecule has 5 rings (SSSR count). The van der Waals surface area contributed by atoms with Gasteiger partial charge < -0.3 is 20.4 Å². The third kappa shape index (κ3) is 4.79. The Hall–Kier alpha value is -3.71. The second-order valence-electron chi connectivity index (χ2n) is 8.35. The summed E-state index contributed by atoms with van der Waals surface area (Å²) in [6, 6.07) is 32.4. The van der Waals surface area contributed by atoms with Gasteiger partial charge in [0.1, 0.15) is 0 Å². The van der Waals surface area contributed by atoms with E-state index in [0.29, 0.717) is 0 Å². The summed E-state index contributed by atoms with van der Waals surface area (Å²) in [5.41, 5.74) is 7.06. The molecular formula is C32H28NS-. The topological polar surface area (TPSA) is 3.24 Å². The molecule has 0 atom stereocenters. The van der Waals surface area contributed by atoms with Gasteiger partial charge in [0.05, 0.1) is 5.69 Å². The molecule has 0 bridgehead atoms. The van der Waals surface area contributed by atoms with Crippen molar-refractivity contribution in [3.05, 3.63) is 127 Å². The van der Waals surface area contributed by atoms with Gasteiger partial charge in [-0.2, -0.15) is 0 Å². The molecule has 1 heterocycles. The van der Waals surface area contributed by atoms with Gasteiger partial charge in [0, 0.05) is 11.1 Å². The molecule has 4 aromatic rings. The third-order valence-corrected chi connectivity index (χ3v) is 7.35. The predicted octanol–water partition coefficient (Wildman–Crippen LogP) is 8.34. The fourth-order valence-corrected chi connectivity index (χ4v) is 5.35. The zero-order valence-corrected chi connectivity index (χ0v) is 20.3. The first-order valence-electron chi connectivity index (χ1n) is 11.6. The van der Waals surface area contributed by atoms with Crippen molar-refractivity contribution < 1.29 is 0 Å². The average molecular weight is 459 g/mol. The van der Waals surface area contributed by atoms with E-state index in [2.05, 4.69) is 132 Å². The van der Waals surface area contributed by atoms with Crippen molar-refractivity contribution in [2.45, 2.75) is 6.92 Å². The second kappa shape index (κ2) is 10.1. The van der Waals surface area contributed by atoms with Gasteiger partial charge >= 0.3 is 0 Å². The lowest BCUT2D eigenvalue weighted by atomic mass is 10.00. The highest BCUT2D eigenvalue weighted by molar-refractivity contribution is 7.92. The number of hydrogen-bond donors (Lipinski definition) is 0. The van der Waals surface area contributed by atoms with Crippen LogP contribution < -0.4 is 4.90 Å². The fourth-order valence-electron chi connectivity index (χ4n) is 4.28. The Bertz CT molecular complexity index is 1470. The molecular weight excluding hydrogens is 430 g/mol. The average Bonchev–Trinajstić information content (AvgIpc) is 3.69. The SMILES string of the molecule is C=C(C[S-]1#CC1)N(c1ccc(-c2ccccc2)cc1)c1cccc2cccc(C=C/C=C\C)c12. The molecule has 0 N–H and O–H groups in total. The van der Waals surface area contributed by atoms with Crippen LogP contribution in [0.4, 0.5) is 11.4 Å². The van der Waals surface area contributed by atoms with E-state index in [-0.39, 0.29) is 10.3 Å². The largest absolute Gasteiger partial charge is 0.442 e. The van der Waals surface area contributed by atoms with Crippen LogP contribution in [0.25, 0.3) is 28.0 Å². The summed E-state index contributed by atoms with van der Waals surface area (Å²) >= 11 is 0. The van der Waals surface area contributed by atoms with Crippen molar-refractivity contribution in [1.82, 2.24) is 0 Å². The molecule has 168 valence electrons. The molecule has 0 saturated carbocycles. The van der Waals surface area contributed by atoms with Gasteiger partial charge in [0.2, 0.25) is 0 Å². The maximum Gasteiger partial charge on any atom is 0.0541 e. The van der Waals surface area contributed by atoms with Crippen LogP contribution >= 0.6 is 0 Å². The van der Waals surface area contributed by atoms with E-state index in [0.717, 1.165) is 22.9 Å². The summed E-state index contributed by atoms with van der Waals surface area (Å²) in [6.07, 6.45) is 8.42. The zero-order chi connectivity index (χ0) is 23.3. The molecule has 0 unspecified atom stereocenters. The molecule has 0 radical (unpaired) electrons. The molecule has 1 nitrogen and oxygen atoms in total. The Morgan fingerprint density at radius 2 is 1.59 bits per heavy atom.